The van der Waals surface area contributed by atoms with Crippen LogP contribution in [0.2, 0.25) is 0 Å². The number of anilines is 1. The van der Waals surface area contributed by atoms with Crippen LogP contribution in [0.4, 0.5) is 5.69 Å². The fourth-order valence-electron chi connectivity index (χ4n) is 2.42. The van der Waals surface area contributed by atoms with E-state index in [-0.39, 0.29) is 0 Å². The van der Waals surface area contributed by atoms with Crippen molar-refractivity contribution in [1.29, 1.82) is 0 Å². The zero-order chi connectivity index (χ0) is 13.0. The van der Waals surface area contributed by atoms with Gasteiger partial charge >= 0.3 is 0 Å². The van der Waals surface area contributed by atoms with E-state index >= 15 is 0 Å². The molecule has 0 radical (unpaired) electrons. The van der Waals surface area contributed by atoms with Crippen LogP contribution in [-0.4, -0.2) is 26.8 Å². The number of nitrogens with zero attached hydrogens (tertiary/aromatic N) is 1. The van der Waals surface area contributed by atoms with Gasteiger partial charge in [-0.2, -0.15) is 0 Å². The van der Waals surface area contributed by atoms with Gasteiger partial charge in [-0.3, -0.25) is 0 Å². The van der Waals surface area contributed by atoms with Gasteiger partial charge in [0.2, 0.25) is 0 Å². The molecular weight excluding hydrogens is 292 g/mol. The Bertz CT molecular complexity index is 391. The molecule has 0 saturated carbocycles. The molecule has 2 N–H and O–H groups in total. The molecule has 4 heteroatoms. The van der Waals surface area contributed by atoms with Crippen LogP contribution in [0.15, 0.2) is 22.7 Å². The molecule has 0 aliphatic carbocycles. The molecule has 1 unspecified atom stereocenters. The highest BCUT2D eigenvalue weighted by atomic mass is 79.9. The number of halogens is 1. The van der Waals surface area contributed by atoms with E-state index in [0.717, 1.165) is 29.8 Å². The molecule has 0 aromatic heterocycles. The second-order valence-corrected chi connectivity index (χ2v) is 5.81. The second-order valence-electron chi connectivity index (χ2n) is 4.95. The number of hydrogen-bond acceptors (Lipinski definition) is 3. The molecule has 18 heavy (non-hydrogen) atoms. The third-order valence-electron chi connectivity index (χ3n) is 3.45. The summed E-state index contributed by atoms with van der Waals surface area (Å²) in [4.78, 5) is 2.30. The van der Waals surface area contributed by atoms with Gasteiger partial charge in [-0.25, -0.2) is 0 Å². The Kier molecular flexibility index (Phi) is 5.03. The average Bonchev–Trinajstić information content (AvgIpc) is 2.39. The molecule has 1 aromatic carbocycles. The van der Waals surface area contributed by atoms with Gasteiger partial charge in [-0.15, -0.1) is 0 Å². The predicted molar refractivity (Wildman–Crippen MR) is 78.8 cm³/mol. The van der Waals surface area contributed by atoms with Crippen LogP contribution < -0.4 is 10.6 Å². The number of nitrogens with two attached hydrogens (primary N) is 1. The highest BCUT2D eigenvalue weighted by Crippen LogP contribution is 2.28. The normalized spacial score (nSPS) is 19.8. The van der Waals surface area contributed by atoms with Crippen LogP contribution in [-0.2, 0) is 11.3 Å². The van der Waals surface area contributed by atoms with E-state index in [1.165, 1.54) is 18.5 Å². The van der Waals surface area contributed by atoms with Gasteiger partial charge in [-0.1, -0.05) is 6.07 Å². The molecule has 0 spiro atoms. The summed E-state index contributed by atoms with van der Waals surface area (Å²) in [7, 11) is 2.14. The average molecular weight is 313 g/mol. The topological polar surface area (TPSA) is 38.5 Å². The maximum atomic E-state index is 5.64. The van der Waals surface area contributed by atoms with E-state index in [1.54, 1.807) is 0 Å². The minimum atomic E-state index is 0.582. The summed E-state index contributed by atoms with van der Waals surface area (Å²) >= 11 is 3.62. The molecule has 1 aliphatic rings. The maximum absolute atomic E-state index is 5.64. The second kappa shape index (κ2) is 6.55. The van der Waals surface area contributed by atoms with Crippen molar-refractivity contribution in [1.82, 2.24) is 0 Å². The van der Waals surface area contributed by atoms with Gasteiger partial charge in [-0.05, 0) is 52.4 Å². The summed E-state index contributed by atoms with van der Waals surface area (Å²) in [6, 6.07) is 6.33. The largest absolute Gasteiger partial charge is 0.381 e. The van der Waals surface area contributed by atoms with Crippen LogP contribution >= 0.6 is 15.9 Å². The minimum absolute atomic E-state index is 0.582. The summed E-state index contributed by atoms with van der Waals surface area (Å²) in [6.07, 6.45) is 2.45. The summed E-state index contributed by atoms with van der Waals surface area (Å²) in [6.45, 7) is 3.44. The quantitative estimate of drug-likeness (QED) is 0.929. The van der Waals surface area contributed by atoms with Gasteiger partial charge in [0.15, 0.2) is 0 Å². The van der Waals surface area contributed by atoms with E-state index in [0.29, 0.717) is 12.5 Å². The maximum Gasteiger partial charge on any atom is 0.0511 e. The Labute approximate surface area is 117 Å². The van der Waals surface area contributed by atoms with Crippen molar-refractivity contribution in [2.75, 3.05) is 31.7 Å². The summed E-state index contributed by atoms with van der Waals surface area (Å²) in [5, 5.41) is 0. The van der Waals surface area contributed by atoms with Gasteiger partial charge in [0, 0.05) is 31.2 Å². The van der Waals surface area contributed by atoms with Crippen LogP contribution in [0.25, 0.3) is 0 Å². The first-order valence-corrected chi connectivity index (χ1v) is 7.27. The first-order valence-electron chi connectivity index (χ1n) is 6.48. The van der Waals surface area contributed by atoms with Crippen LogP contribution in [0.1, 0.15) is 18.4 Å². The number of ether oxygens (including phenoxy) is 1. The van der Waals surface area contributed by atoms with Gasteiger partial charge in [0.05, 0.1) is 12.3 Å². The molecule has 3 nitrogen and oxygen atoms in total. The van der Waals surface area contributed by atoms with Crippen molar-refractivity contribution in [3.05, 3.63) is 28.2 Å². The Morgan fingerprint density at radius 2 is 2.33 bits per heavy atom. The SMILES string of the molecule is CN(CC1CCCOC1)c1ccc(CN)cc1Br. The molecule has 1 heterocycles. The van der Waals surface area contributed by atoms with Gasteiger partial charge in [0.1, 0.15) is 0 Å². The molecule has 2 rings (SSSR count). The molecule has 1 atom stereocenters. The number of hydrogen-bond donors (Lipinski definition) is 1. The summed E-state index contributed by atoms with van der Waals surface area (Å²) in [5.41, 5.74) is 8.02. The van der Waals surface area contributed by atoms with Crippen LogP contribution in [0.3, 0.4) is 0 Å². The Morgan fingerprint density at radius 3 is 2.94 bits per heavy atom. The summed E-state index contributed by atoms with van der Waals surface area (Å²) in [5.74, 6) is 0.643. The summed E-state index contributed by atoms with van der Waals surface area (Å²) < 4.78 is 6.65. The smallest absolute Gasteiger partial charge is 0.0511 e. The first kappa shape index (κ1) is 13.8. The molecule has 1 fully saturated rings. The monoisotopic (exact) mass is 312 g/mol. The fourth-order valence-corrected chi connectivity index (χ4v) is 3.15. The zero-order valence-electron chi connectivity index (χ0n) is 10.9. The Hall–Kier alpha value is -0.580. The van der Waals surface area contributed by atoms with E-state index < -0.39 is 0 Å². The van der Waals surface area contributed by atoms with E-state index in [1.807, 2.05) is 0 Å². The van der Waals surface area contributed by atoms with Gasteiger partial charge in [0.25, 0.3) is 0 Å². The van der Waals surface area contributed by atoms with Crippen molar-refractivity contribution in [3.8, 4) is 0 Å². The molecule has 1 aromatic rings. The standard InChI is InChI=1S/C14H21BrN2O/c1-17(9-12-3-2-6-18-10-12)14-5-4-11(8-16)7-13(14)15/h4-5,7,12H,2-3,6,8-10,16H2,1H3. The zero-order valence-corrected chi connectivity index (χ0v) is 12.4. The lowest BCUT2D eigenvalue weighted by molar-refractivity contribution is 0.0576. The van der Waals surface area contributed by atoms with E-state index in [2.05, 4.69) is 46.1 Å². The molecule has 100 valence electrons. The van der Waals surface area contributed by atoms with E-state index in [9.17, 15) is 0 Å². The van der Waals surface area contributed by atoms with E-state index in [4.69, 9.17) is 10.5 Å². The van der Waals surface area contributed by atoms with Crippen molar-refractivity contribution in [3.63, 3.8) is 0 Å². The highest BCUT2D eigenvalue weighted by Gasteiger charge is 2.17. The highest BCUT2D eigenvalue weighted by molar-refractivity contribution is 9.10. The number of benzene rings is 1. The van der Waals surface area contributed by atoms with Crippen molar-refractivity contribution in [2.24, 2.45) is 11.7 Å². The Morgan fingerprint density at radius 1 is 1.50 bits per heavy atom. The molecule has 1 aliphatic heterocycles. The molecule has 0 amide bonds. The lowest BCUT2D eigenvalue weighted by atomic mass is 10.0. The van der Waals surface area contributed by atoms with Crippen molar-refractivity contribution >= 4 is 21.6 Å². The van der Waals surface area contributed by atoms with Crippen molar-refractivity contribution < 1.29 is 4.74 Å². The molecular formula is C14H21BrN2O. The minimum Gasteiger partial charge on any atom is -0.381 e. The Balaban J connectivity index is 2.01. The number of rotatable bonds is 4. The molecule has 1 saturated heterocycles. The third-order valence-corrected chi connectivity index (χ3v) is 4.08. The first-order chi connectivity index (χ1) is 8.70. The van der Waals surface area contributed by atoms with Crippen molar-refractivity contribution in [2.45, 2.75) is 19.4 Å². The predicted octanol–water partition coefficient (Wildman–Crippen LogP) is 2.77. The van der Waals surface area contributed by atoms with Crippen LogP contribution in [0, 0.1) is 5.92 Å². The lowest BCUT2D eigenvalue weighted by Gasteiger charge is -2.29. The third kappa shape index (κ3) is 3.46. The van der Waals surface area contributed by atoms with Crippen LogP contribution in [0.5, 0.6) is 0 Å². The molecule has 0 bridgehead atoms. The lowest BCUT2D eigenvalue weighted by Crippen LogP contribution is -2.31. The fraction of sp³-hybridized carbons (Fsp3) is 0.571. The van der Waals surface area contributed by atoms with Gasteiger partial charge < -0.3 is 15.4 Å².